The molecule has 5 unspecified atom stereocenters. The van der Waals surface area contributed by atoms with E-state index >= 15 is 0 Å². The molecule has 0 bridgehead atoms. The quantitative estimate of drug-likeness (QED) is 0.149. The third kappa shape index (κ3) is 12.3. The summed E-state index contributed by atoms with van der Waals surface area (Å²) in [5, 5.41) is 6.05. The lowest BCUT2D eigenvalue weighted by molar-refractivity contribution is -0.136. The molecule has 1 saturated heterocycles. The molecule has 1 N–H and O–H groups in total. The Bertz CT molecular complexity index is 2020. The summed E-state index contributed by atoms with van der Waals surface area (Å²) < 4.78 is 13.7. The standard InChI is InChI=1S/C60H97N5O5Si/c1-43(26-31-54(66)61-45-41-53(65(42-45)56(68)69-57(2,3)4)55(67)64(38-20-36-62(10)11)39-21-37-63(12)13)50-29-30-51-49-28-27-44-40-46(32-34-59(44,8)52(49)33-35-60(50,51)9)70-71(58(5,6)7,47-22-16-14-17-23-47)48-24-18-15-19-25-48/h14-19,22-25,43-46,49-53H,20-21,26-42H2,1-13H3,(H,61,66)/t43-,44?,45?,46+,49?,50-,51?,52?,53+,59+,60-/m1/s1. The second-order valence-corrected chi connectivity index (χ2v) is 30.6. The third-order valence-corrected chi connectivity index (χ3v) is 24.0. The molecule has 11 atom stereocenters. The van der Waals surface area contributed by atoms with Crippen molar-refractivity contribution < 1.29 is 23.5 Å². The van der Waals surface area contributed by atoms with Crippen molar-refractivity contribution in [3.63, 3.8) is 0 Å². The Hall–Kier alpha value is -3.25. The summed E-state index contributed by atoms with van der Waals surface area (Å²) in [4.78, 5) is 49.8. The second-order valence-electron chi connectivity index (χ2n) is 26.4. The van der Waals surface area contributed by atoms with Crippen LogP contribution in [0.4, 0.5) is 4.79 Å². The zero-order valence-corrected chi connectivity index (χ0v) is 47.7. The van der Waals surface area contributed by atoms with Gasteiger partial charge in [-0.1, -0.05) is 102 Å². The van der Waals surface area contributed by atoms with Gasteiger partial charge in [-0.05, 0) is 207 Å². The maximum Gasteiger partial charge on any atom is 0.411 e. The summed E-state index contributed by atoms with van der Waals surface area (Å²) in [6, 6.07) is 21.4. The summed E-state index contributed by atoms with van der Waals surface area (Å²) >= 11 is 0. The number of hydrogen-bond acceptors (Lipinski definition) is 7. The van der Waals surface area contributed by atoms with Gasteiger partial charge in [0, 0.05) is 38.2 Å². The van der Waals surface area contributed by atoms with Gasteiger partial charge in [0.2, 0.25) is 11.8 Å². The van der Waals surface area contributed by atoms with E-state index in [1.54, 1.807) is 4.90 Å². The highest BCUT2D eigenvalue weighted by Gasteiger charge is 2.61. The molecule has 5 aliphatic rings. The number of carbonyl (C=O) groups excluding carboxylic acids is 3. The number of likely N-dealkylation sites (tertiary alicyclic amines) is 1. The Morgan fingerprint density at radius 2 is 1.32 bits per heavy atom. The first-order chi connectivity index (χ1) is 33.5. The lowest BCUT2D eigenvalue weighted by atomic mass is 9.44. The Balaban J connectivity index is 0.963. The molecule has 1 heterocycles. The third-order valence-electron chi connectivity index (χ3n) is 18.9. The number of hydrogen-bond donors (Lipinski definition) is 1. The highest BCUT2D eigenvalue weighted by molar-refractivity contribution is 6.99. The summed E-state index contributed by atoms with van der Waals surface area (Å²) in [7, 11) is 5.57. The molecule has 4 saturated carbocycles. The first-order valence-corrected chi connectivity index (χ1v) is 30.0. The Labute approximate surface area is 432 Å². The van der Waals surface area contributed by atoms with Gasteiger partial charge in [0.25, 0.3) is 8.32 Å². The first-order valence-electron chi connectivity index (χ1n) is 28.1. The molecule has 0 radical (unpaired) electrons. The van der Waals surface area contributed by atoms with Gasteiger partial charge in [-0.15, -0.1) is 0 Å². The lowest BCUT2D eigenvalue weighted by Crippen LogP contribution is -2.68. The molecule has 11 heteroatoms. The molecule has 7 rings (SSSR count). The number of benzene rings is 2. The highest BCUT2D eigenvalue weighted by Crippen LogP contribution is 2.68. The van der Waals surface area contributed by atoms with Crippen LogP contribution in [-0.2, 0) is 18.8 Å². The van der Waals surface area contributed by atoms with Crippen LogP contribution in [0.25, 0.3) is 0 Å². The number of fused-ring (bicyclic) bond motifs is 5. The normalized spacial score (nSPS) is 30.4. The minimum Gasteiger partial charge on any atom is -0.444 e. The molecule has 3 amide bonds. The van der Waals surface area contributed by atoms with E-state index in [1.807, 2.05) is 53.9 Å². The number of nitrogens with one attached hydrogen (secondary N) is 1. The van der Waals surface area contributed by atoms with Gasteiger partial charge < -0.3 is 29.2 Å². The van der Waals surface area contributed by atoms with Gasteiger partial charge >= 0.3 is 6.09 Å². The van der Waals surface area contributed by atoms with Gasteiger partial charge in [0.1, 0.15) is 11.6 Å². The van der Waals surface area contributed by atoms with Crippen molar-refractivity contribution in [1.29, 1.82) is 0 Å². The fraction of sp³-hybridized carbons (Fsp3) is 0.750. The van der Waals surface area contributed by atoms with E-state index in [0.29, 0.717) is 54.5 Å². The van der Waals surface area contributed by atoms with Gasteiger partial charge in [0.05, 0.1) is 0 Å². The van der Waals surface area contributed by atoms with E-state index in [-0.39, 0.29) is 35.5 Å². The summed E-state index contributed by atoms with van der Waals surface area (Å²) in [5.74, 6) is 4.05. The van der Waals surface area contributed by atoms with Crippen LogP contribution < -0.4 is 15.7 Å². The Morgan fingerprint density at radius 1 is 0.746 bits per heavy atom. The second kappa shape index (κ2) is 22.7. The van der Waals surface area contributed by atoms with Crippen LogP contribution in [0.15, 0.2) is 60.7 Å². The SMILES string of the molecule is C[C@H](CCC(=O)NC1C[C@@H](C(=O)N(CCCN(C)C)CCCN(C)C)N(C(=O)OC(C)(C)C)C1)[C@H]1CCC2C3CCC4C[C@@H](O[Si](c5ccccc5)(c5ccccc5)C(C)(C)C)CC[C@]4(C)C3CC[C@@]21C. The Morgan fingerprint density at radius 3 is 1.89 bits per heavy atom. The highest BCUT2D eigenvalue weighted by atomic mass is 28.4. The van der Waals surface area contributed by atoms with E-state index in [1.165, 1.54) is 61.7 Å². The van der Waals surface area contributed by atoms with Crippen LogP contribution in [0, 0.1) is 46.3 Å². The molecule has 396 valence electrons. The predicted molar refractivity (Wildman–Crippen MR) is 292 cm³/mol. The van der Waals surface area contributed by atoms with Gasteiger partial charge in [-0.2, -0.15) is 0 Å². The fourth-order valence-corrected chi connectivity index (χ4v) is 20.2. The van der Waals surface area contributed by atoms with E-state index in [9.17, 15) is 14.4 Å². The fourth-order valence-electron chi connectivity index (χ4n) is 15.5. The van der Waals surface area contributed by atoms with Crippen molar-refractivity contribution in [2.24, 2.45) is 46.3 Å². The molecule has 4 aliphatic carbocycles. The maximum absolute atomic E-state index is 14.4. The number of carbonyl (C=O) groups is 3. The average Bonchev–Trinajstić information content (AvgIpc) is 3.90. The topological polar surface area (TPSA) is 94.7 Å². The van der Waals surface area contributed by atoms with Crippen molar-refractivity contribution in [3.05, 3.63) is 60.7 Å². The number of ether oxygens (including phenoxy) is 1. The maximum atomic E-state index is 14.4. The molecule has 0 aromatic heterocycles. The van der Waals surface area contributed by atoms with E-state index < -0.39 is 26.1 Å². The van der Waals surface area contributed by atoms with E-state index in [0.717, 1.165) is 56.5 Å². The molecular weight excluding hydrogens is 899 g/mol. The first kappa shape index (κ1) is 55.5. The number of nitrogens with zero attached hydrogens (tertiary/aromatic N) is 4. The zero-order valence-electron chi connectivity index (χ0n) is 46.7. The molecule has 2 aromatic carbocycles. The van der Waals surface area contributed by atoms with E-state index in [2.05, 4.69) is 117 Å². The van der Waals surface area contributed by atoms with Crippen molar-refractivity contribution in [2.45, 2.75) is 181 Å². The lowest BCUT2D eigenvalue weighted by Gasteiger charge is -2.62. The van der Waals surface area contributed by atoms with Gasteiger partial charge in [-0.25, -0.2) is 4.79 Å². The van der Waals surface area contributed by atoms with Crippen LogP contribution in [0.2, 0.25) is 5.04 Å². The number of amides is 3. The van der Waals surface area contributed by atoms with E-state index in [4.69, 9.17) is 9.16 Å². The minimum atomic E-state index is -2.62. The average molecular weight is 997 g/mol. The smallest absolute Gasteiger partial charge is 0.411 e. The van der Waals surface area contributed by atoms with Gasteiger partial charge in [0.15, 0.2) is 0 Å². The Kier molecular flexibility index (Phi) is 17.7. The van der Waals surface area contributed by atoms with Crippen LogP contribution in [-0.4, -0.2) is 131 Å². The predicted octanol–water partition coefficient (Wildman–Crippen LogP) is 10.2. The minimum absolute atomic E-state index is 0.0199. The van der Waals surface area contributed by atoms with Crippen LogP contribution in [0.5, 0.6) is 0 Å². The molecule has 1 aliphatic heterocycles. The molecule has 71 heavy (non-hydrogen) atoms. The summed E-state index contributed by atoms with van der Waals surface area (Å²) in [5.41, 5.74) is -0.0350. The largest absolute Gasteiger partial charge is 0.444 e. The monoisotopic (exact) mass is 996 g/mol. The van der Waals surface area contributed by atoms with Crippen molar-refractivity contribution >= 4 is 36.6 Å². The van der Waals surface area contributed by atoms with Crippen molar-refractivity contribution in [2.75, 3.05) is 60.9 Å². The van der Waals surface area contributed by atoms with Crippen molar-refractivity contribution in [1.82, 2.24) is 24.9 Å². The summed E-state index contributed by atoms with van der Waals surface area (Å²) in [6.45, 7) is 23.8. The molecule has 10 nitrogen and oxygen atoms in total. The summed E-state index contributed by atoms with van der Waals surface area (Å²) in [6.07, 6.45) is 14.6. The molecule has 5 fully saturated rings. The van der Waals surface area contributed by atoms with Crippen LogP contribution in [0.1, 0.15) is 152 Å². The van der Waals surface area contributed by atoms with Gasteiger partial charge in [-0.3, -0.25) is 14.5 Å². The van der Waals surface area contributed by atoms with Crippen LogP contribution in [0.3, 0.4) is 0 Å². The van der Waals surface area contributed by atoms with Crippen molar-refractivity contribution in [3.8, 4) is 0 Å². The molecule has 2 aromatic rings. The zero-order chi connectivity index (χ0) is 51.5. The van der Waals surface area contributed by atoms with Crippen LogP contribution >= 0.6 is 0 Å². The molecule has 0 spiro atoms. The number of rotatable bonds is 18. The molecular formula is C60H97N5O5Si.